The number of ether oxygens (including phenoxy) is 2. The summed E-state index contributed by atoms with van der Waals surface area (Å²) in [5.41, 5.74) is 0.251. The molecule has 158 valence electrons. The zero-order chi connectivity index (χ0) is 22.0. The smallest absolute Gasteiger partial charge is 0.264 e. The van der Waals surface area contributed by atoms with Crippen molar-refractivity contribution < 1.29 is 24.2 Å². The number of para-hydroxylation sites is 1. The highest BCUT2D eigenvalue weighted by atomic mass is 16.5. The van der Waals surface area contributed by atoms with Gasteiger partial charge in [0.1, 0.15) is 0 Å². The fourth-order valence-electron chi connectivity index (χ4n) is 3.87. The number of rotatable bonds is 7. The number of nitrogens with zero attached hydrogens (tertiary/aromatic N) is 2. The zero-order valence-corrected chi connectivity index (χ0v) is 17.2. The summed E-state index contributed by atoms with van der Waals surface area (Å²) in [5.74, 6) is 0.258. The maximum Gasteiger partial charge on any atom is 0.264 e. The first-order chi connectivity index (χ1) is 15.0. The Balaban J connectivity index is 1.67. The molecule has 4 rings (SSSR count). The van der Waals surface area contributed by atoms with E-state index in [1.807, 2.05) is 6.07 Å². The van der Waals surface area contributed by atoms with Gasteiger partial charge in [0.25, 0.3) is 5.91 Å². The monoisotopic (exact) mass is 418 g/mol. The third kappa shape index (κ3) is 3.64. The average Bonchev–Trinajstić information content (AvgIpc) is 3.01. The summed E-state index contributed by atoms with van der Waals surface area (Å²) in [5, 5.41) is 11.4. The van der Waals surface area contributed by atoms with Crippen molar-refractivity contribution in [1.29, 1.82) is 0 Å². The first-order valence-electron chi connectivity index (χ1n) is 9.76. The molecule has 0 spiro atoms. The van der Waals surface area contributed by atoms with E-state index in [4.69, 9.17) is 9.47 Å². The summed E-state index contributed by atoms with van der Waals surface area (Å²) in [6, 6.07) is 15.5. The number of fused-ring (bicyclic) bond motifs is 1. The van der Waals surface area contributed by atoms with Gasteiger partial charge in [-0.05, 0) is 35.9 Å². The Kier molecular flexibility index (Phi) is 5.44. The van der Waals surface area contributed by atoms with E-state index >= 15 is 0 Å². The Morgan fingerprint density at radius 2 is 1.74 bits per heavy atom. The highest BCUT2D eigenvalue weighted by Crippen LogP contribution is 2.43. The number of hydrogen-bond donors (Lipinski definition) is 1. The lowest BCUT2D eigenvalue weighted by Gasteiger charge is -2.23. The van der Waals surface area contributed by atoms with Gasteiger partial charge in [0.15, 0.2) is 22.9 Å². The van der Waals surface area contributed by atoms with Gasteiger partial charge in [0, 0.05) is 23.5 Å². The number of carbonyl (C=O) groups is 2. The highest BCUT2D eigenvalue weighted by Gasteiger charge is 2.50. The molecule has 1 atom stereocenters. The normalized spacial score (nSPS) is 17.4. The number of methoxy groups -OCH3 is 2. The first-order valence-corrected chi connectivity index (χ1v) is 9.76. The number of Topliss-reactive ketones (excluding diaryl/α,β-unsaturated/α-hetero) is 1. The van der Waals surface area contributed by atoms with Crippen LogP contribution in [-0.4, -0.2) is 36.0 Å². The molecule has 1 N–H and O–H groups in total. The third-order valence-electron chi connectivity index (χ3n) is 5.45. The van der Waals surface area contributed by atoms with E-state index < -0.39 is 11.5 Å². The lowest BCUT2D eigenvalue weighted by molar-refractivity contribution is -0.136. The molecular formula is C24H22N2O5. The van der Waals surface area contributed by atoms with Gasteiger partial charge in [-0.2, -0.15) is 0 Å². The van der Waals surface area contributed by atoms with Gasteiger partial charge in [-0.3, -0.25) is 14.6 Å². The molecule has 2 heterocycles. The Hall–Kier alpha value is -3.71. The van der Waals surface area contributed by atoms with E-state index in [9.17, 15) is 14.7 Å². The van der Waals surface area contributed by atoms with Gasteiger partial charge in [-0.25, -0.2) is 0 Å². The highest BCUT2D eigenvalue weighted by molar-refractivity contribution is 6.10. The molecule has 2 aromatic carbocycles. The molecule has 7 nitrogen and oxygen atoms in total. The molecule has 7 heteroatoms. The lowest BCUT2D eigenvalue weighted by atomic mass is 9.88. The second-order valence-corrected chi connectivity index (χ2v) is 7.29. The van der Waals surface area contributed by atoms with Gasteiger partial charge in [0.2, 0.25) is 0 Å². The summed E-state index contributed by atoms with van der Waals surface area (Å²) >= 11 is 0. The van der Waals surface area contributed by atoms with Crippen molar-refractivity contribution in [2.75, 3.05) is 19.1 Å². The minimum Gasteiger partial charge on any atom is -0.493 e. The van der Waals surface area contributed by atoms with Crippen LogP contribution >= 0.6 is 0 Å². The van der Waals surface area contributed by atoms with Crippen LogP contribution < -0.4 is 14.4 Å². The van der Waals surface area contributed by atoms with Crippen LogP contribution in [0.25, 0.3) is 0 Å². The van der Waals surface area contributed by atoms with Gasteiger partial charge in [-0.15, -0.1) is 0 Å². The molecule has 0 radical (unpaired) electrons. The van der Waals surface area contributed by atoms with Crippen molar-refractivity contribution in [3.05, 3.63) is 83.7 Å². The molecule has 1 aromatic heterocycles. The second-order valence-electron chi connectivity index (χ2n) is 7.29. The summed E-state index contributed by atoms with van der Waals surface area (Å²) < 4.78 is 10.6. The lowest BCUT2D eigenvalue weighted by Crippen LogP contribution is -2.41. The SMILES string of the molecule is COc1ccc(CN2C(=O)C(O)(CC(=O)c3ccncc3)c3ccccc32)cc1OC. The molecule has 0 bridgehead atoms. The standard InChI is InChI=1S/C24H22N2O5/c1-30-21-8-7-16(13-22(21)31-2)15-26-19-6-4-3-5-18(19)24(29,23(26)28)14-20(27)17-9-11-25-12-10-17/h3-13,29H,14-15H2,1-2H3. The Bertz CT molecular complexity index is 1130. The van der Waals surface area contributed by atoms with Crippen molar-refractivity contribution in [2.45, 2.75) is 18.6 Å². The summed E-state index contributed by atoms with van der Waals surface area (Å²) in [6.45, 7) is 0.210. The predicted molar refractivity (Wildman–Crippen MR) is 114 cm³/mol. The molecule has 1 aliphatic heterocycles. The molecule has 1 aliphatic rings. The van der Waals surface area contributed by atoms with E-state index in [-0.39, 0.29) is 18.7 Å². The molecule has 31 heavy (non-hydrogen) atoms. The predicted octanol–water partition coefficient (Wildman–Crippen LogP) is 3.11. The van der Waals surface area contributed by atoms with E-state index in [1.54, 1.807) is 62.8 Å². The summed E-state index contributed by atoms with van der Waals surface area (Å²) in [7, 11) is 3.10. The van der Waals surface area contributed by atoms with Crippen LogP contribution in [-0.2, 0) is 16.9 Å². The molecule has 0 fully saturated rings. The fraction of sp³-hybridized carbons (Fsp3) is 0.208. The minimum atomic E-state index is -1.94. The van der Waals surface area contributed by atoms with Crippen LogP contribution in [0.2, 0.25) is 0 Å². The van der Waals surface area contributed by atoms with Crippen LogP contribution in [0.3, 0.4) is 0 Å². The number of aromatic nitrogens is 1. The number of aliphatic hydroxyl groups is 1. The van der Waals surface area contributed by atoms with E-state index in [0.717, 1.165) is 5.56 Å². The molecule has 0 aliphatic carbocycles. The second kappa shape index (κ2) is 8.20. The van der Waals surface area contributed by atoms with E-state index in [2.05, 4.69) is 4.98 Å². The topological polar surface area (TPSA) is 89.0 Å². The van der Waals surface area contributed by atoms with Crippen molar-refractivity contribution >= 4 is 17.4 Å². The van der Waals surface area contributed by atoms with Crippen LogP contribution in [0, 0.1) is 0 Å². The maximum atomic E-state index is 13.4. The first kappa shape index (κ1) is 20.6. The molecular weight excluding hydrogens is 396 g/mol. The van der Waals surface area contributed by atoms with Crippen molar-refractivity contribution in [3.63, 3.8) is 0 Å². The van der Waals surface area contributed by atoms with Crippen LogP contribution in [0.1, 0.15) is 27.9 Å². The van der Waals surface area contributed by atoms with Crippen LogP contribution in [0.4, 0.5) is 5.69 Å². The van der Waals surface area contributed by atoms with E-state index in [1.165, 1.54) is 17.3 Å². The number of hydrogen-bond acceptors (Lipinski definition) is 6. The average molecular weight is 418 g/mol. The van der Waals surface area contributed by atoms with Crippen molar-refractivity contribution in [1.82, 2.24) is 4.98 Å². The number of pyridine rings is 1. The molecule has 1 amide bonds. The van der Waals surface area contributed by atoms with Gasteiger partial charge in [-0.1, -0.05) is 24.3 Å². The summed E-state index contributed by atoms with van der Waals surface area (Å²) in [4.78, 5) is 31.6. The fourth-order valence-corrected chi connectivity index (χ4v) is 3.87. The van der Waals surface area contributed by atoms with E-state index in [0.29, 0.717) is 28.3 Å². The minimum absolute atomic E-state index is 0.210. The van der Waals surface area contributed by atoms with Gasteiger partial charge >= 0.3 is 0 Å². The number of amides is 1. The molecule has 0 saturated heterocycles. The Morgan fingerprint density at radius 3 is 2.45 bits per heavy atom. The van der Waals surface area contributed by atoms with Gasteiger partial charge < -0.3 is 19.5 Å². The number of benzene rings is 2. The molecule has 0 saturated carbocycles. The molecule has 1 unspecified atom stereocenters. The number of anilines is 1. The van der Waals surface area contributed by atoms with Crippen molar-refractivity contribution in [3.8, 4) is 11.5 Å². The maximum absolute atomic E-state index is 13.4. The third-order valence-corrected chi connectivity index (χ3v) is 5.45. The van der Waals surface area contributed by atoms with Crippen LogP contribution in [0.5, 0.6) is 11.5 Å². The van der Waals surface area contributed by atoms with Gasteiger partial charge in [0.05, 0.1) is 32.9 Å². The Morgan fingerprint density at radius 1 is 1.03 bits per heavy atom. The van der Waals surface area contributed by atoms with Crippen molar-refractivity contribution in [2.24, 2.45) is 0 Å². The molecule has 3 aromatic rings. The zero-order valence-electron chi connectivity index (χ0n) is 17.2. The largest absolute Gasteiger partial charge is 0.493 e. The quantitative estimate of drug-likeness (QED) is 0.593. The number of carbonyl (C=O) groups excluding carboxylic acids is 2. The number of ketones is 1. The van der Waals surface area contributed by atoms with Crippen LogP contribution in [0.15, 0.2) is 67.0 Å². The Labute approximate surface area is 179 Å². The summed E-state index contributed by atoms with van der Waals surface area (Å²) in [6.07, 6.45) is 2.66.